The second kappa shape index (κ2) is 9.62. The minimum atomic E-state index is -0.486. The smallest absolute Gasteiger partial charge is 0.246 e. The van der Waals surface area contributed by atoms with Gasteiger partial charge < -0.3 is 9.88 Å². The van der Waals surface area contributed by atoms with E-state index in [1.807, 2.05) is 67.1 Å². The van der Waals surface area contributed by atoms with Crippen molar-refractivity contribution in [2.45, 2.75) is 32.9 Å². The van der Waals surface area contributed by atoms with Crippen molar-refractivity contribution in [3.8, 4) is 5.69 Å². The Labute approximate surface area is 189 Å². The molecule has 4 rings (SSSR count). The van der Waals surface area contributed by atoms with Gasteiger partial charge in [-0.3, -0.25) is 10.1 Å². The van der Waals surface area contributed by atoms with Crippen LogP contribution in [0.25, 0.3) is 5.69 Å². The number of nitrogens with zero attached hydrogens (tertiary/aromatic N) is 2. The predicted molar refractivity (Wildman–Crippen MR) is 129 cm³/mol. The van der Waals surface area contributed by atoms with Crippen LogP contribution in [0.5, 0.6) is 0 Å². The van der Waals surface area contributed by atoms with Gasteiger partial charge in [0.1, 0.15) is 6.04 Å². The van der Waals surface area contributed by atoms with Gasteiger partial charge in [-0.25, -0.2) is 4.98 Å². The Balaban J connectivity index is 1.54. The van der Waals surface area contributed by atoms with Crippen LogP contribution in [0.4, 0.5) is 5.69 Å². The number of aryl methyl sites for hydroxylation is 2. The zero-order chi connectivity index (χ0) is 22.5. The maximum Gasteiger partial charge on any atom is 0.246 e. The van der Waals surface area contributed by atoms with Crippen LogP contribution in [0, 0.1) is 13.8 Å². The number of aromatic nitrogens is 2. The summed E-state index contributed by atoms with van der Waals surface area (Å²) >= 11 is 0. The minimum Gasteiger partial charge on any atom is -0.324 e. The number of rotatable bonds is 7. The van der Waals surface area contributed by atoms with E-state index < -0.39 is 6.04 Å². The van der Waals surface area contributed by atoms with Crippen molar-refractivity contribution in [3.63, 3.8) is 0 Å². The van der Waals surface area contributed by atoms with Crippen LogP contribution in [0.15, 0.2) is 91.5 Å². The molecule has 0 spiro atoms. The monoisotopic (exact) mass is 424 g/mol. The maximum atomic E-state index is 13.3. The van der Waals surface area contributed by atoms with Crippen LogP contribution < -0.4 is 10.6 Å². The second-order valence-electron chi connectivity index (χ2n) is 8.16. The highest BCUT2D eigenvalue weighted by Gasteiger charge is 2.23. The normalized spacial score (nSPS) is 12.8. The van der Waals surface area contributed by atoms with Crippen LogP contribution in [0.2, 0.25) is 0 Å². The molecule has 2 atom stereocenters. The van der Waals surface area contributed by atoms with Crippen LogP contribution in [0.1, 0.15) is 41.3 Å². The average molecular weight is 425 g/mol. The van der Waals surface area contributed by atoms with E-state index in [0.717, 1.165) is 33.6 Å². The summed E-state index contributed by atoms with van der Waals surface area (Å²) in [6, 6.07) is 23.7. The summed E-state index contributed by atoms with van der Waals surface area (Å²) in [4.78, 5) is 17.4. The van der Waals surface area contributed by atoms with Crippen molar-refractivity contribution < 1.29 is 4.79 Å². The molecular formula is C27H28N4O. The van der Waals surface area contributed by atoms with Crippen LogP contribution in [0.3, 0.4) is 0 Å². The lowest BCUT2D eigenvalue weighted by molar-refractivity contribution is -0.118. The number of hydrogen-bond acceptors (Lipinski definition) is 3. The van der Waals surface area contributed by atoms with E-state index in [2.05, 4.69) is 52.9 Å². The summed E-state index contributed by atoms with van der Waals surface area (Å²) < 4.78 is 1.96. The molecule has 0 bridgehead atoms. The molecule has 0 unspecified atom stereocenters. The van der Waals surface area contributed by atoms with E-state index in [0.29, 0.717) is 0 Å². The Morgan fingerprint density at radius 1 is 0.906 bits per heavy atom. The summed E-state index contributed by atoms with van der Waals surface area (Å²) in [6.45, 7) is 6.14. The molecule has 1 heterocycles. The van der Waals surface area contributed by atoms with Crippen LogP contribution in [-0.4, -0.2) is 15.5 Å². The van der Waals surface area contributed by atoms with Crippen LogP contribution in [-0.2, 0) is 4.79 Å². The average Bonchev–Trinajstić information content (AvgIpc) is 3.32. The molecule has 5 nitrogen and oxygen atoms in total. The Bertz CT molecular complexity index is 1150. The van der Waals surface area contributed by atoms with Gasteiger partial charge in [-0.2, -0.15) is 0 Å². The van der Waals surface area contributed by atoms with E-state index in [9.17, 15) is 4.79 Å². The lowest BCUT2D eigenvalue weighted by atomic mass is 10.0. The van der Waals surface area contributed by atoms with E-state index in [4.69, 9.17) is 0 Å². The maximum absolute atomic E-state index is 13.3. The third-order valence-corrected chi connectivity index (χ3v) is 5.50. The number of carbonyl (C=O) groups excluding carboxylic acids is 1. The fraction of sp³-hybridized carbons (Fsp3) is 0.185. The van der Waals surface area contributed by atoms with Crippen LogP contribution >= 0.6 is 0 Å². The van der Waals surface area contributed by atoms with Crippen molar-refractivity contribution in [2.75, 3.05) is 5.32 Å². The molecule has 0 aliphatic heterocycles. The number of amides is 1. The van der Waals surface area contributed by atoms with E-state index in [-0.39, 0.29) is 11.9 Å². The fourth-order valence-corrected chi connectivity index (χ4v) is 3.92. The number of carbonyl (C=O) groups is 1. The van der Waals surface area contributed by atoms with Crippen molar-refractivity contribution in [1.82, 2.24) is 14.9 Å². The highest BCUT2D eigenvalue weighted by molar-refractivity contribution is 5.95. The summed E-state index contributed by atoms with van der Waals surface area (Å²) in [7, 11) is 0. The molecule has 32 heavy (non-hydrogen) atoms. The molecule has 5 heteroatoms. The first-order chi connectivity index (χ1) is 15.5. The predicted octanol–water partition coefficient (Wildman–Crippen LogP) is 5.52. The highest BCUT2D eigenvalue weighted by atomic mass is 16.2. The molecule has 162 valence electrons. The van der Waals surface area contributed by atoms with Crippen molar-refractivity contribution in [3.05, 3.63) is 114 Å². The molecule has 0 aliphatic rings. The molecule has 2 N–H and O–H groups in total. The largest absolute Gasteiger partial charge is 0.324 e. The fourth-order valence-electron chi connectivity index (χ4n) is 3.92. The lowest BCUT2D eigenvalue weighted by Crippen LogP contribution is -2.34. The Kier molecular flexibility index (Phi) is 6.47. The zero-order valence-corrected chi connectivity index (χ0v) is 18.6. The molecule has 1 amide bonds. The van der Waals surface area contributed by atoms with Gasteiger partial charge in [-0.15, -0.1) is 0 Å². The third-order valence-electron chi connectivity index (χ3n) is 5.50. The molecule has 0 radical (unpaired) electrons. The first kappa shape index (κ1) is 21.5. The molecule has 4 aromatic rings. The lowest BCUT2D eigenvalue weighted by Gasteiger charge is -2.24. The Morgan fingerprint density at radius 3 is 2.22 bits per heavy atom. The first-order valence-electron chi connectivity index (χ1n) is 10.8. The van der Waals surface area contributed by atoms with Gasteiger partial charge in [0.05, 0.1) is 6.33 Å². The summed E-state index contributed by atoms with van der Waals surface area (Å²) in [6.07, 6.45) is 5.45. The van der Waals surface area contributed by atoms with Gasteiger partial charge in [0.15, 0.2) is 0 Å². The zero-order valence-electron chi connectivity index (χ0n) is 18.6. The van der Waals surface area contributed by atoms with E-state index >= 15 is 0 Å². The quantitative estimate of drug-likeness (QED) is 0.411. The van der Waals surface area contributed by atoms with Gasteiger partial charge in [-0.05, 0) is 67.3 Å². The molecular weight excluding hydrogens is 396 g/mol. The number of hydrogen-bond donors (Lipinski definition) is 2. The number of nitrogens with one attached hydrogen (secondary N) is 2. The van der Waals surface area contributed by atoms with E-state index in [1.165, 1.54) is 0 Å². The van der Waals surface area contributed by atoms with Crippen molar-refractivity contribution in [1.29, 1.82) is 0 Å². The molecule has 0 saturated heterocycles. The summed E-state index contributed by atoms with van der Waals surface area (Å²) in [5.41, 5.74) is 6.13. The van der Waals surface area contributed by atoms with Gasteiger partial charge in [-0.1, -0.05) is 48.5 Å². The topological polar surface area (TPSA) is 59.0 Å². The number of imidazole rings is 1. The molecule has 3 aromatic carbocycles. The molecule has 0 fully saturated rings. The standard InChI is InChI=1S/C27H28N4O/c1-19-15-20(2)17-24(16-19)30-27(32)26(23-7-5-4-6-8-23)29-21(3)22-9-11-25(12-10-22)31-14-13-28-18-31/h4-18,21,26,29H,1-3H3,(H,30,32)/t21-,26-/m1/s1. The summed E-state index contributed by atoms with van der Waals surface area (Å²) in [5.74, 6) is -0.0805. The van der Waals surface area contributed by atoms with Gasteiger partial charge in [0, 0.05) is 29.8 Å². The van der Waals surface area contributed by atoms with E-state index in [1.54, 1.807) is 12.5 Å². The first-order valence-corrected chi connectivity index (χ1v) is 10.8. The number of anilines is 1. The highest BCUT2D eigenvalue weighted by Crippen LogP contribution is 2.23. The SMILES string of the molecule is Cc1cc(C)cc(NC(=O)[C@H](N[C@H](C)c2ccc(-n3ccnc3)cc2)c2ccccc2)c1. The van der Waals surface area contributed by atoms with Gasteiger partial charge in [0.25, 0.3) is 0 Å². The van der Waals surface area contributed by atoms with Gasteiger partial charge >= 0.3 is 0 Å². The van der Waals surface area contributed by atoms with Crippen molar-refractivity contribution in [2.24, 2.45) is 0 Å². The summed E-state index contributed by atoms with van der Waals surface area (Å²) in [5, 5.41) is 6.62. The minimum absolute atomic E-state index is 0.0259. The molecule has 1 aromatic heterocycles. The Morgan fingerprint density at radius 2 is 1.59 bits per heavy atom. The third kappa shape index (κ3) is 5.13. The Hall–Kier alpha value is -3.70. The van der Waals surface area contributed by atoms with Crippen molar-refractivity contribution >= 4 is 11.6 Å². The molecule has 0 saturated carbocycles. The van der Waals surface area contributed by atoms with Gasteiger partial charge in [0.2, 0.25) is 5.91 Å². The molecule has 0 aliphatic carbocycles. The second-order valence-corrected chi connectivity index (χ2v) is 8.16. The number of benzene rings is 3.